The first kappa shape index (κ1) is 14.6. The van der Waals surface area contributed by atoms with Crippen molar-refractivity contribution in [3.05, 3.63) is 28.3 Å². The minimum Gasteiger partial charge on any atom is -0.493 e. The van der Waals surface area contributed by atoms with E-state index in [1.165, 1.54) is 30.7 Å². The predicted molar refractivity (Wildman–Crippen MR) is 74.3 cm³/mol. The van der Waals surface area contributed by atoms with Gasteiger partial charge in [-0.05, 0) is 24.8 Å². The molecule has 2 rings (SSSR count). The molecule has 0 aromatic heterocycles. The summed E-state index contributed by atoms with van der Waals surface area (Å²) < 4.78 is 5.58. The Bertz CT molecular complexity index is 515. The molecule has 7 heteroatoms. The molecule has 1 aromatic rings. The van der Waals surface area contributed by atoms with E-state index in [2.05, 4.69) is 0 Å². The van der Waals surface area contributed by atoms with Crippen LogP contribution in [0, 0.1) is 16.0 Å². The van der Waals surface area contributed by atoms with Gasteiger partial charge in [0.25, 0.3) is 5.69 Å². The van der Waals surface area contributed by atoms with Gasteiger partial charge in [-0.3, -0.25) is 14.9 Å². The zero-order valence-electron chi connectivity index (χ0n) is 10.8. The molecule has 1 aromatic carbocycles. The second-order valence-corrected chi connectivity index (χ2v) is 5.77. The van der Waals surface area contributed by atoms with E-state index in [9.17, 15) is 14.9 Å². The van der Waals surface area contributed by atoms with Crippen molar-refractivity contribution < 1.29 is 19.6 Å². The van der Waals surface area contributed by atoms with Gasteiger partial charge in [-0.15, -0.1) is 11.8 Å². The Labute approximate surface area is 120 Å². The average Bonchev–Trinajstić information content (AvgIpc) is 3.19. The number of nitro groups is 1. The molecule has 0 aliphatic heterocycles. The summed E-state index contributed by atoms with van der Waals surface area (Å²) in [5, 5.41) is 19.5. The molecule has 0 bridgehead atoms. The Morgan fingerprint density at radius 1 is 1.50 bits per heavy atom. The Balaban J connectivity index is 2.04. The highest BCUT2D eigenvalue weighted by molar-refractivity contribution is 7.99. The summed E-state index contributed by atoms with van der Waals surface area (Å²) in [6.07, 6.45) is 2.31. The molecule has 1 aliphatic carbocycles. The summed E-state index contributed by atoms with van der Waals surface area (Å²) in [6, 6.07) is 4.61. The van der Waals surface area contributed by atoms with Gasteiger partial charge in [0.05, 0.1) is 22.8 Å². The van der Waals surface area contributed by atoms with Crippen molar-refractivity contribution in [2.75, 3.05) is 12.4 Å². The molecular weight excluding hydrogens is 282 g/mol. The first-order valence-corrected chi connectivity index (χ1v) is 7.30. The van der Waals surface area contributed by atoms with E-state index >= 15 is 0 Å². The number of aliphatic carboxylic acids is 1. The predicted octanol–water partition coefficient (Wildman–Crippen LogP) is 2.95. The van der Waals surface area contributed by atoms with Gasteiger partial charge >= 0.3 is 5.97 Å². The van der Waals surface area contributed by atoms with Gasteiger partial charge in [0.1, 0.15) is 5.75 Å². The standard InChI is InChI=1S/C13H15NO5S/c15-13(16)5-6-20-12-7-10(19-8-9-1-2-9)3-4-11(12)14(17)18/h3-4,7,9H,1-2,5-6,8H2,(H,15,16). The highest BCUT2D eigenvalue weighted by Crippen LogP contribution is 2.34. The number of carboxylic acid groups (broad SMARTS) is 1. The minimum atomic E-state index is -0.915. The van der Waals surface area contributed by atoms with E-state index < -0.39 is 10.9 Å². The molecule has 0 atom stereocenters. The lowest BCUT2D eigenvalue weighted by molar-refractivity contribution is -0.387. The molecule has 1 saturated carbocycles. The molecule has 0 saturated heterocycles. The van der Waals surface area contributed by atoms with Crippen LogP contribution in [0.3, 0.4) is 0 Å². The fraction of sp³-hybridized carbons (Fsp3) is 0.462. The van der Waals surface area contributed by atoms with Crippen molar-refractivity contribution in [2.24, 2.45) is 5.92 Å². The highest BCUT2D eigenvalue weighted by atomic mass is 32.2. The van der Waals surface area contributed by atoms with Crippen molar-refractivity contribution in [1.82, 2.24) is 0 Å². The maximum Gasteiger partial charge on any atom is 0.304 e. The van der Waals surface area contributed by atoms with Crippen molar-refractivity contribution in [3.8, 4) is 5.75 Å². The molecule has 0 unspecified atom stereocenters. The fourth-order valence-electron chi connectivity index (χ4n) is 1.60. The summed E-state index contributed by atoms with van der Waals surface area (Å²) in [6.45, 7) is 0.636. The van der Waals surface area contributed by atoms with Gasteiger partial charge in [0, 0.05) is 17.9 Å². The van der Waals surface area contributed by atoms with Gasteiger partial charge in [-0.25, -0.2) is 0 Å². The quantitative estimate of drug-likeness (QED) is 0.451. The molecule has 6 nitrogen and oxygen atoms in total. The SMILES string of the molecule is O=C(O)CCSc1cc(OCC2CC2)ccc1[N+](=O)[O-]. The normalized spacial score (nSPS) is 14.0. The van der Waals surface area contributed by atoms with Crippen LogP contribution in [0.25, 0.3) is 0 Å². The summed E-state index contributed by atoms with van der Waals surface area (Å²) in [5.41, 5.74) is -0.0147. The first-order chi connectivity index (χ1) is 9.56. The molecule has 0 amide bonds. The monoisotopic (exact) mass is 297 g/mol. The van der Waals surface area contributed by atoms with Crippen LogP contribution in [0.15, 0.2) is 23.1 Å². The maximum atomic E-state index is 10.9. The lowest BCUT2D eigenvalue weighted by Gasteiger charge is -2.07. The smallest absolute Gasteiger partial charge is 0.304 e. The van der Waals surface area contributed by atoms with E-state index in [-0.39, 0.29) is 12.1 Å². The summed E-state index contributed by atoms with van der Waals surface area (Å²) in [5.74, 6) is 0.581. The van der Waals surface area contributed by atoms with E-state index in [0.717, 1.165) is 0 Å². The number of benzene rings is 1. The molecule has 0 spiro atoms. The summed E-state index contributed by atoms with van der Waals surface area (Å²) in [7, 11) is 0. The Hall–Kier alpha value is -1.76. The number of nitro benzene ring substituents is 1. The number of thioether (sulfide) groups is 1. The van der Waals surface area contributed by atoms with Gasteiger partial charge in [-0.2, -0.15) is 0 Å². The third-order valence-electron chi connectivity index (χ3n) is 2.88. The number of rotatable bonds is 8. The third kappa shape index (κ3) is 4.41. The molecule has 0 radical (unpaired) electrons. The van der Waals surface area contributed by atoms with Crippen molar-refractivity contribution in [2.45, 2.75) is 24.2 Å². The van der Waals surface area contributed by atoms with Gasteiger partial charge in [0.15, 0.2) is 0 Å². The highest BCUT2D eigenvalue weighted by Gasteiger charge is 2.22. The zero-order valence-corrected chi connectivity index (χ0v) is 11.6. The van der Waals surface area contributed by atoms with Crippen LogP contribution >= 0.6 is 11.8 Å². The summed E-state index contributed by atoms with van der Waals surface area (Å²) >= 11 is 1.17. The number of ether oxygens (including phenoxy) is 1. The lowest BCUT2D eigenvalue weighted by atomic mass is 10.3. The zero-order chi connectivity index (χ0) is 14.5. The van der Waals surface area contributed by atoms with E-state index in [4.69, 9.17) is 9.84 Å². The molecule has 1 fully saturated rings. The Kier molecular flexibility index (Phi) is 4.84. The van der Waals surface area contributed by atoms with Crippen molar-refractivity contribution >= 4 is 23.4 Å². The number of carboxylic acids is 1. The number of hydrogen-bond donors (Lipinski definition) is 1. The second kappa shape index (κ2) is 6.60. The minimum absolute atomic E-state index is 0.0147. The topological polar surface area (TPSA) is 89.7 Å². The molecular formula is C13H15NO5S. The average molecular weight is 297 g/mol. The number of nitrogens with zero attached hydrogens (tertiary/aromatic N) is 1. The van der Waals surface area contributed by atoms with Crippen LogP contribution in [-0.4, -0.2) is 28.4 Å². The Morgan fingerprint density at radius 2 is 2.25 bits per heavy atom. The molecule has 0 heterocycles. The van der Waals surface area contributed by atoms with Gasteiger partial charge in [-0.1, -0.05) is 0 Å². The lowest BCUT2D eigenvalue weighted by Crippen LogP contribution is -2.00. The second-order valence-electron chi connectivity index (χ2n) is 4.63. The van der Waals surface area contributed by atoms with Crippen LogP contribution in [0.4, 0.5) is 5.69 Å². The van der Waals surface area contributed by atoms with E-state index in [0.29, 0.717) is 28.9 Å². The molecule has 1 N–H and O–H groups in total. The third-order valence-corrected chi connectivity index (χ3v) is 3.93. The number of carbonyl (C=O) groups is 1. The first-order valence-electron chi connectivity index (χ1n) is 6.32. The van der Waals surface area contributed by atoms with Crippen LogP contribution in [0.2, 0.25) is 0 Å². The largest absolute Gasteiger partial charge is 0.493 e. The van der Waals surface area contributed by atoms with Crippen LogP contribution < -0.4 is 4.74 Å². The van der Waals surface area contributed by atoms with Crippen LogP contribution in [0.5, 0.6) is 5.75 Å². The maximum absolute atomic E-state index is 10.9. The molecule has 20 heavy (non-hydrogen) atoms. The molecule has 108 valence electrons. The number of hydrogen-bond acceptors (Lipinski definition) is 5. The van der Waals surface area contributed by atoms with E-state index in [1.54, 1.807) is 12.1 Å². The molecule has 1 aliphatic rings. The van der Waals surface area contributed by atoms with Crippen LogP contribution in [0.1, 0.15) is 19.3 Å². The van der Waals surface area contributed by atoms with Gasteiger partial charge < -0.3 is 9.84 Å². The van der Waals surface area contributed by atoms with Crippen molar-refractivity contribution in [3.63, 3.8) is 0 Å². The Morgan fingerprint density at radius 3 is 2.85 bits per heavy atom. The fourth-order valence-corrected chi connectivity index (χ4v) is 2.58. The summed E-state index contributed by atoms with van der Waals surface area (Å²) in [4.78, 5) is 21.4. The van der Waals surface area contributed by atoms with Crippen molar-refractivity contribution in [1.29, 1.82) is 0 Å². The van der Waals surface area contributed by atoms with E-state index in [1.807, 2.05) is 0 Å². The van der Waals surface area contributed by atoms with Crippen LogP contribution in [-0.2, 0) is 4.79 Å². The van der Waals surface area contributed by atoms with Gasteiger partial charge in [0.2, 0.25) is 0 Å².